The van der Waals surface area contributed by atoms with Crippen LogP contribution in [0.4, 0.5) is 4.39 Å². The third-order valence-electron chi connectivity index (χ3n) is 3.23. The van der Waals surface area contributed by atoms with Crippen molar-refractivity contribution in [2.45, 2.75) is 6.42 Å². The van der Waals surface area contributed by atoms with Crippen LogP contribution in [0.2, 0.25) is 0 Å². The number of halogens is 1. The number of rotatable bonds is 6. The van der Waals surface area contributed by atoms with Crippen LogP contribution < -0.4 is 9.47 Å². The maximum Gasteiger partial charge on any atom is 0.333 e. The molecule has 23 heavy (non-hydrogen) atoms. The number of Topliss-reactive ketones (excluding diaryl/α,β-unsaturated/α-hetero) is 1. The Hall–Kier alpha value is -2.41. The maximum atomic E-state index is 14.4. The average molecular weight is 338 g/mol. The lowest BCUT2D eigenvalue weighted by Crippen LogP contribution is -2.08. The first-order chi connectivity index (χ1) is 10.9. The smallest absolute Gasteiger partial charge is 0.333 e. The van der Waals surface area contributed by atoms with E-state index in [0.717, 1.165) is 11.3 Å². The molecule has 0 spiro atoms. The second kappa shape index (κ2) is 6.78. The lowest BCUT2D eigenvalue weighted by Gasteiger charge is -2.08. The van der Waals surface area contributed by atoms with Crippen LogP contribution in [0.25, 0.3) is 10.1 Å². The molecule has 122 valence electrons. The molecule has 0 saturated carbocycles. The predicted octanol–water partition coefficient (Wildman–Crippen LogP) is 3.36. The number of hydrogen-bond donors (Lipinski definition) is 0. The van der Waals surface area contributed by atoms with Gasteiger partial charge in [-0.05, 0) is 6.07 Å². The van der Waals surface area contributed by atoms with E-state index in [0.29, 0.717) is 9.58 Å². The largest absolute Gasteiger partial charge is 0.493 e. The fourth-order valence-corrected chi connectivity index (χ4v) is 3.10. The third-order valence-corrected chi connectivity index (χ3v) is 4.35. The van der Waals surface area contributed by atoms with Gasteiger partial charge in [-0.2, -0.15) is 0 Å². The molecule has 0 bridgehead atoms. The number of fused-ring (bicyclic) bond motifs is 1. The quantitative estimate of drug-likeness (QED) is 0.459. The van der Waals surface area contributed by atoms with Crippen molar-refractivity contribution >= 4 is 33.2 Å². The van der Waals surface area contributed by atoms with Gasteiger partial charge in [0, 0.05) is 28.1 Å². The van der Waals surface area contributed by atoms with E-state index >= 15 is 0 Å². The summed E-state index contributed by atoms with van der Waals surface area (Å²) in [5.41, 5.74) is 0.0468. The van der Waals surface area contributed by atoms with Gasteiger partial charge in [-0.3, -0.25) is 4.79 Å². The number of ether oxygens (including phenoxy) is 3. The van der Waals surface area contributed by atoms with Crippen LogP contribution in [0.3, 0.4) is 0 Å². The van der Waals surface area contributed by atoms with E-state index < -0.39 is 11.8 Å². The van der Waals surface area contributed by atoms with E-state index in [1.165, 1.54) is 27.4 Å². The van der Waals surface area contributed by atoms with E-state index in [4.69, 9.17) is 9.47 Å². The predicted molar refractivity (Wildman–Crippen MR) is 85.0 cm³/mol. The molecule has 2 rings (SSSR count). The number of carbonyl (C=O) groups is 2. The van der Waals surface area contributed by atoms with Gasteiger partial charge in [0.05, 0.1) is 26.2 Å². The minimum Gasteiger partial charge on any atom is -0.493 e. The Balaban J connectivity index is 2.40. The zero-order chi connectivity index (χ0) is 17.1. The van der Waals surface area contributed by atoms with Crippen LogP contribution in [0, 0.1) is 5.82 Å². The molecule has 0 radical (unpaired) electrons. The van der Waals surface area contributed by atoms with Gasteiger partial charge in [0.15, 0.2) is 23.1 Å². The highest BCUT2D eigenvalue weighted by Crippen LogP contribution is 2.40. The Labute approximate surface area is 136 Å². The number of methoxy groups -OCH3 is 3. The molecule has 1 aromatic carbocycles. The second-order valence-corrected chi connectivity index (χ2v) is 5.73. The van der Waals surface area contributed by atoms with Gasteiger partial charge in [0.2, 0.25) is 0 Å². The van der Waals surface area contributed by atoms with Crippen LogP contribution in [0.5, 0.6) is 11.5 Å². The summed E-state index contributed by atoms with van der Waals surface area (Å²) in [4.78, 5) is 23.8. The van der Waals surface area contributed by atoms with Gasteiger partial charge in [-0.15, -0.1) is 11.3 Å². The van der Waals surface area contributed by atoms with Gasteiger partial charge in [0.25, 0.3) is 0 Å². The number of ketones is 1. The lowest BCUT2D eigenvalue weighted by atomic mass is 10.1. The van der Waals surface area contributed by atoms with Crippen molar-refractivity contribution in [2.24, 2.45) is 0 Å². The molecule has 2 aromatic rings. The van der Waals surface area contributed by atoms with Crippen molar-refractivity contribution in [2.75, 3.05) is 21.3 Å². The topological polar surface area (TPSA) is 61.8 Å². The molecule has 0 aliphatic carbocycles. The van der Waals surface area contributed by atoms with Crippen LogP contribution in [-0.4, -0.2) is 33.1 Å². The number of thiophene rings is 1. The SMILES string of the molecule is C=C(CC(=O)c1cc2c(F)c(OC)c(OC)cc2s1)C(=O)OC. The Bertz CT molecular complexity index is 793. The Kier molecular flexibility index (Phi) is 5.00. The standard InChI is InChI=1S/C16H15FO5S/c1-8(16(19)22-4)5-10(18)13-6-9-12(23-13)7-11(20-2)15(21-3)14(9)17/h6-7H,1,5H2,2-4H3. The summed E-state index contributed by atoms with van der Waals surface area (Å²) in [7, 11) is 3.96. The highest BCUT2D eigenvalue weighted by atomic mass is 32.1. The second-order valence-electron chi connectivity index (χ2n) is 4.64. The van der Waals surface area contributed by atoms with E-state index in [-0.39, 0.29) is 34.7 Å². The van der Waals surface area contributed by atoms with Crippen molar-refractivity contribution in [3.63, 3.8) is 0 Å². The molecule has 0 N–H and O–H groups in total. The minimum absolute atomic E-state index is 0.0178. The van der Waals surface area contributed by atoms with Crippen LogP contribution in [0.15, 0.2) is 24.3 Å². The van der Waals surface area contributed by atoms with E-state index in [1.54, 1.807) is 6.07 Å². The van der Waals surface area contributed by atoms with Crippen LogP contribution in [-0.2, 0) is 9.53 Å². The zero-order valence-electron chi connectivity index (χ0n) is 12.9. The molecule has 0 aliphatic rings. The van der Waals surface area contributed by atoms with Gasteiger partial charge in [0.1, 0.15) is 0 Å². The summed E-state index contributed by atoms with van der Waals surface area (Å²) in [6.07, 6.45) is -0.185. The number of hydrogen-bond acceptors (Lipinski definition) is 6. The monoisotopic (exact) mass is 338 g/mol. The van der Waals surface area contributed by atoms with Crippen molar-refractivity contribution in [1.29, 1.82) is 0 Å². The molecule has 1 aromatic heterocycles. The molecule has 0 unspecified atom stereocenters. The molecular formula is C16H15FO5S. The molecule has 0 atom stereocenters. The molecule has 0 amide bonds. The first-order valence-electron chi connectivity index (χ1n) is 6.56. The van der Waals surface area contributed by atoms with Crippen molar-refractivity contribution < 1.29 is 28.2 Å². The first-order valence-corrected chi connectivity index (χ1v) is 7.37. The summed E-state index contributed by atoms with van der Waals surface area (Å²) >= 11 is 1.11. The molecular weight excluding hydrogens is 323 g/mol. The van der Waals surface area contributed by atoms with Crippen molar-refractivity contribution in [3.05, 3.63) is 35.0 Å². The number of esters is 1. The van der Waals surface area contributed by atoms with Crippen molar-refractivity contribution in [3.8, 4) is 11.5 Å². The van der Waals surface area contributed by atoms with E-state index in [2.05, 4.69) is 11.3 Å². The Morgan fingerprint density at radius 1 is 1.22 bits per heavy atom. The highest BCUT2D eigenvalue weighted by Gasteiger charge is 2.21. The van der Waals surface area contributed by atoms with E-state index in [9.17, 15) is 14.0 Å². The van der Waals surface area contributed by atoms with Gasteiger partial charge in [-0.25, -0.2) is 9.18 Å². The van der Waals surface area contributed by atoms with Gasteiger partial charge >= 0.3 is 5.97 Å². The Morgan fingerprint density at radius 2 is 1.91 bits per heavy atom. The van der Waals surface area contributed by atoms with Crippen molar-refractivity contribution in [1.82, 2.24) is 0 Å². The average Bonchev–Trinajstić information content (AvgIpc) is 2.98. The minimum atomic E-state index is -0.644. The molecule has 0 aliphatic heterocycles. The summed E-state index contributed by atoms with van der Waals surface area (Å²) in [6, 6.07) is 3.04. The fraction of sp³-hybridized carbons (Fsp3) is 0.250. The fourth-order valence-electron chi connectivity index (χ4n) is 2.08. The molecule has 0 saturated heterocycles. The molecule has 1 heterocycles. The van der Waals surface area contributed by atoms with E-state index in [1.807, 2.05) is 0 Å². The molecule has 0 fully saturated rings. The first kappa shape index (κ1) is 17.0. The summed E-state index contributed by atoms with van der Waals surface area (Å²) in [5.74, 6) is -1.34. The van der Waals surface area contributed by atoms with Gasteiger partial charge < -0.3 is 14.2 Å². The summed E-state index contributed by atoms with van der Waals surface area (Å²) in [6.45, 7) is 3.51. The molecule has 7 heteroatoms. The molecule has 5 nitrogen and oxygen atoms in total. The van der Waals surface area contributed by atoms with Crippen LogP contribution >= 0.6 is 11.3 Å². The lowest BCUT2D eigenvalue weighted by molar-refractivity contribution is -0.136. The highest BCUT2D eigenvalue weighted by molar-refractivity contribution is 7.20. The summed E-state index contributed by atoms with van der Waals surface area (Å²) in [5, 5.41) is 0.264. The van der Waals surface area contributed by atoms with Gasteiger partial charge in [-0.1, -0.05) is 6.58 Å². The Morgan fingerprint density at radius 3 is 2.48 bits per heavy atom. The van der Waals surface area contributed by atoms with Crippen LogP contribution in [0.1, 0.15) is 16.1 Å². The zero-order valence-corrected chi connectivity index (χ0v) is 13.7. The summed E-state index contributed by atoms with van der Waals surface area (Å²) < 4.78 is 29.6. The number of carbonyl (C=O) groups excluding carboxylic acids is 2. The normalized spacial score (nSPS) is 10.4. The third kappa shape index (κ3) is 3.19. The number of benzene rings is 1. The maximum absolute atomic E-state index is 14.4.